The molecule has 1 amide bonds. The topological polar surface area (TPSA) is 69.7 Å². The number of halogens is 2. The fourth-order valence-electron chi connectivity index (χ4n) is 2.62. The van der Waals surface area contributed by atoms with E-state index in [-0.39, 0.29) is 18.1 Å². The fourth-order valence-corrected chi connectivity index (χ4v) is 3.51. The van der Waals surface area contributed by atoms with Gasteiger partial charge in [0.2, 0.25) is 0 Å². The van der Waals surface area contributed by atoms with E-state index in [0.29, 0.717) is 46.2 Å². The predicted octanol–water partition coefficient (Wildman–Crippen LogP) is 4.93. The molecule has 1 aliphatic heterocycles. The quantitative estimate of drug-likeness (QED) is 0.616. The first-order chi connectivity index (χ1) is 14.1. The molecule has 1 N–H and O–H groups in total. The Morgan fingerprint density at radius 1 is 1.21 bits per heavy atom. The molecule has 1 aliphatic rings. The number of hydrogen-bond donors (Lipinski definition) is 1. The molecule has 0 spiro atoms. The second-order valence-electron chi connectivity index (χ2n) is 6.15. The molecule has 2 heterocycles. The number of rotatable bonds is 5. The highest BCUT2D eigenvalue weighted by molar-refractivity contribution is 7.09. The number of carbonyl (C=O) groups is 1. The summed E-state index contributed by atoms with van der Waals surface area (Å²) >= 11 is 7.56. The predicted molar refractivity (Wildman–Crippen MR) is 108 cm³/mol. The number of ether oxygens (including phenoxy) is 3. The molecule has 6 nitrogen and oxygen atoms in total. The average molecular weight is 435 g/mol. The van der Waals surface area contributed by atoms with E-state index in [1.165, 1.54) is 35.6 Å². The smallest absolute Gasteiger partial charge is 0.275 e. The zero-order valence-corrected chi connectivity index (χ0v) is 16.7. The lowest BCUT2D eigenvalue weighted by atomic mass is 10.2. The van der Waals surface area contributed by atoms with Crippen molar-refractivity contribution in [2.24, 2.45) is 0 Å². The summed E-state index contributed by atoms with van der Waals surface area (Å²) in [7, 11) is 0. The van der Waals surface area contributed by atoms with Crippen LogP contribution in [0.4, 0.5) is 10.1 Å². The van der Waals surface area contributed by atoms with Crippen molar-refractivity contribution in [1.29, 1.82) is 0 Å². The molecule has 0 aliphatic carbocycles. The summed E-state index contributed by atoms with van der Waals surface area (Å²) in [6.45, 7) is 1.26. The Morgan fingerprint density at radius 3 is 2.69 bits per heavy atom. The molecule has 0 saturated heterocycles. The highest BCUT2D eigenvalue weighted by Gasteiger charge is 2.17. The van der Waals surface area contributed by atoms with Crippen molar-refractivity contribution in [2.45, 2.75) is 13.0 Å². The van der Waals surface area contributed by atoms with Crippen molar-refractivity contribution in [3.05, 3.63) is 63.3 Å². The van der Waals surface area contributed by atoms with E-state index in [9.17, 15) is 9.18 Å². The van der Waals surface area contributed by atoms with Gasteiger partial charge in [0.05, 0.1) is 23.9 Å². The molecule has 0 atom stereocenters. The molecule has 2 aromatic carbocycles. The number of nitrogens with one attached hydrogen (secondary N) is 1. The second-order valence-corrected chi connectivity index (χ2v) is 7.50. The zero-order valence-electron chi connectivity index (χ0n) is 15.1. The van der Waals surface area contributed by atoms with Gasteiger partial charge in [-0.3, -0.25) is 4.79 Å². The van der Waals surface area contributed by atoms with Crippen LogP contribution in [0.25, 0.3) is 0 Å². The van der Waals surface area contributed by atoms with Crippen LogP contribution in [0.5, 0.6) is 17.2 Å². The van der Waals surface area contributed by atoms with Crippen LogP contribution < -0.4 is 19.5 Å². The van der Waals surface area contributed by atoms with Crippen molar-refractivity contribution < 1.29 is 23.4 Å². The van der Waals surface area contributed by atoms with Gasteiger partial charge in [-0.05, 0) is 24.3 Å². The summed E-state index contributed by atoms with van der Waals surface area (Å²) in [6, 6.07) is 8.96. The third-order valence-electron chi connectivity index (χ3n) is 4.05. The first-order valence-corrected chi connectivity index (χ1v) is 10.1. The van der Waals surface area contributed by atoms with Crippen LogP contribution in [0.3, 0.4) is 0 Å². The van der Waals surface area contributed by atoms with E-state index in [2.05, 4.69) is 10.3 Å². The lowest BCUT2D eigenvalue weighted by molar-refractivity contribution is 0.102. The van der Waals surface area contributed by atoms with Gasteiger partial charge in [-0.2, -0.15) is 0 Å². The normalized spacial score (nSPS) is 12.9. The van der Waals surface area contributed by atoms with Crippen LogP contribution >= 0.6 is 22.9 Å². The third-order valence-corrected chi connectivity index (χ3v) is 5.18. The number of nitrogens with zero attached hydrogens (tertiary/aromatic N) is 1. The number of amides is 1. The summed E-state index contributed by atoms with van der Waals surface area (Å²) in [5.41, 5.74) is 0.661. The average Bonchev–Trinajstić information content (AvgIpc) is 3.08. The second kappa shape index (κ2) is 8.67. The first kappa shape index (κ1) is 19.5. The number of carbonyl (C=O) groups excluding carboxylic acids is 1. The Kier molecular flexibility index (Phi) is 5.82. The standard InChI is InChI=1S/C20H16ClFN2O4S/c21-14-8-17-18(27-7-1-6-26-17)9-15(14)24-20(25)16-11-29-19(23-16)10-28-13-4-2-12(22)3-5-13/h2-5,8-9,11H,1,6-7,10H2,(H,24,25). The van der Waals surface area contributed by atoms with Gasteiger partial charge in [0, 0.05) is 23.9 Å². The molecule has 0 unspecified atom stereocenters. The molecular formula is C20H16ClFN2O4S. The van der Waals surface area contributed by atoms with Gasteiger partial charge in [-0.1, -0.05) is 11.6 Å². The summed E-state index contributed by atoms with van der Waals surface area (Å²) in [5.74, 6) is 0.879. The van der Waals surface area contributed by atoms with E-state index < -0.39 is 5.91 Å². The zero-order chi connectivity index (χ0) is 20.2. The van der Waals surface area contributed by atoms with Gasteiger partial charge in [-0.15, -0.1) is 11.3 Å². The number of thiazole rings is 1. The molecular weight excluding hydrogens is 419 g/mol. The summed E-state index contributed by atoms with van der Waals surface area (Å²) in [5, 5.41) is 5.34. The lowest BCUT2D eigenvalue weighted by Crippen LogP contribution is -2.13. The largest absolute Gasteiger partial charge is 0.490 e. The SMILES string of the molecule is O=C(Nc1cc2c(cc1Cl)OCCCO2)c1csc(COc2ccc(F)cc2)n1. The third kappa shape index (κ3) is 4.78. The Balaban J connectivity index is 1.41. The Morgan fingerprint density at radius 2 is 1.93 bits per heavy atom. The maximum atomic E-state index is 12.9. The molecule has 29 heavy (non-hydrogen) atoms. The van der Waals surface area contributed by atoms with E-state index in [0.717, 1.165) is 6.42 Å². The minimum absolute atomic E-state index is 0.175. The van der Waals surface area contributed by atoms with Gasteiger partial charge in [0.15, 0.2) is 11.5 Å². The van der Waals surface area contributed by atoms with Gasteiger partial charge in [0.25, 0.3) is 5.91 Å². The van der Waals surface area contributed by atoms with Gasteiger partial charge < -0.3 is 19.5 Å². The molecule has 4 rings (SSSR count). The molecule has 1 aromatic heterocycles. The first-order valence-electron chi connectivity index (χ1n) is 8.82. The van der Waals surface area contributed by atoms with Crippen molar-refractivity contribution in [1.82, 2.24) is 4.98 Å². The maximum Gasteiger partial charge on any atom is 0.275 e. The molecule has 150 valence electrons. The lowest BCUT2D eigenvalue weighted by Gasteiger charge is -2.12. The van der Waals surface area contributed by atoms with Gasteiger partial charge in [-0.25, -0.2) is 9.37 Å². The van der Waals surface area contributed by atoms with Crippen LogP contribution in [-0.4, -0.2) is 24.1 Å². The summed E-state index contributed by atoms with van der Waals surface area (Å²) in [6.07, 6.45) is 0.773. The van der Waals surface area contributed by atoms with Crippen LogP contribution in [0.1, 0.15) is 21.9 Å². The van der Waals surface area contributed by atoms with Gasteiger partial charge in [0.1, 0.15) is 28.9 Å². The molecule has 9 heteroatoms. The Labute approximate surface area is 175 Å². The number of aromatic nitrogens is 1. The van der Waals surface area contributed by atoms with Crippen LogP contribution in [0, 0.1) is 5.82 Å². The number of fused-ring (bicyclic) bond motifs is 1. The van der Waals surface area contributed by atoms with Crippen molar-refractivity contribution in [3.8, 4) is 17.2 Å². The Hall–Kier alpha value is -2.84. The minimum Gasteiger partial charge on any atom is -0.490 e. The molecule has 0 fully saturated rings. The molecule has 0 saturated carbocycles. The van der Waals surface area contributed by atoms with Crippen LogP contribution in [0.2, 0.25) is 5.02 Å². The van der Waals surface area contributed by atoms with Crippen LogP contribution in [-0.2, 0) is 6.61 Å². The monoisotopic (exact) mass is 434 g/mol. The maximum absolute atomic E-state index is 12.9. The van der Waals surface area contributed by atoms with E-state index in [4.69, 9.17) is 25.8 Å². The minimum atomic E-state index is -0.398. The molecule has 0 bridgehead atoms. The van der Waals surface area contributed by atoms with E-state index in [1.807, 2.05) is 0 Å². The van der Waals surface area contributed by atoms with Crippen molar-refractivity contribution in [3.63, 3.8) is 0 Å². The highest BCUT2D eigenvalue weighted by Crippen LogP contribution is 2.37. The van der Waals surface area contributed by atoms with E-state index >= 15 is 0 Å². The van der Waals surface area contributed by atoms with Crippen molar-refractivity contribution >= 4 is 34.5 Å². The molecule has 0 radical (unpaired) electrons. The fraction of sp³-hybridized carbons (Fsp3) is 0.200. The van der Waals surface area contributed by atoms with E-state index in [1.54, 1.807) is 17.5 Å². The number of anilines is 1. The van der Waals surface area contributed by atoms with Gasteiger partial charge >= 0.3 is 0 Å². The van der Waals surface area contributed by atoms with Crippen LogP contribution in [0.15, 0.2) is 41.8 Å². The molecule has 3 aromatic rings. The van der Waals surface area contributed by atoms with Crippen molar-refractivity contribution in [2.75, 3.05) is 18.5 Å². The summed E-state index contributed by atoms with van der Waals surface area (Å²) < 4.78 is 29.7. The summed E-state index contributed by atoms with van der Waals surface area (Å²) in [4.78, 5) is 16.8. The number of hydrogen-bond acceptors (Lipinski definition) is 6. The highest BCUT2D eigenvalue weighted by atomic mass is 35.5. The number of benzene rings is 2. The Bertz CT molecular complexity index is 1030.